The van der Waals surface area contributed by atoms with Crippen molar-refractivity contribution < 1.29 is 4.79 Å². The number of hydrogen-bond donors (Lipinski definition) is 3. The highest BCUT2D eigenvalue weighted by Gasteiger charge is 2.11. The van der Waals surface area contributed by atoms with Gasteiger partial charge in [0, 0.05) is 12.6 Å². The summed E-state index contributed by atoms with van der Waals surface area (Å²) in [5.41, 5.74) is 7.86. The van der Waals surface area contributed by atoms with E-state index in [0.29, 0.717) is 11.5 Å². The molecular weight excluding hydrogens is 290 g/mol. The Bertz CT molecular complexity index is 662. The third-order valence-electron chi connectivity index (χ3n) is 2.90. The highest BCUT2D eigenvalue weighted by Crippen LogP contribution is 2.26. The van der Waals surface area contributed by atoms with Crippen LogP contribution in [0.1, 0.15) is 25.5 Å². The molecular formula is C14H16ClN5O. The number of hydrogen-bond acceptors (Lipinski definition) is 5. The molecule has 0 saturated carbocycles. The average Bonchev–Trinajstić information content (AvgIpc) is 2.43. The summed E-state index contributed by atoms with van der Waals surface area (Å²) in [4.78, 5) is 19.0. The Morgan fingerprint density at radius 1 is 1.38 bits per heavy atom. The predicted molar refractivity (Wildman–Crippen MR) is 84.2 cm³/mol. The van der Waals surface area contributed by atoms with Crippen LogP contribution < -0.4 is 16.4 Å². The van der Waals surface area contributed by atoms with E-state index in [9.17, 15) is 4.79 Å². The lowest BCUT2D eigenvalue weighted by molar-refractivity contribution is -0.114. The molecule has 2 rings (SSSR count). The number of nitrogens with zero attached hydrogens (tertiary/aromatic N) is 2. The Morgan fingerprint density at radius 3 is 2.86 bits per heavy atom. The standard InChI is InChI=1S/C14H16ClN5O/c1-8(19-14-12(16)13(15)17-7-18-14)10-4-3-5-11(6-10)20-9(2)21/h3-8H,16H2,1-2H3,(H,20,21)(H,17,18,19). The topological polar surface area (TPSA) is 92.9 Å². The van der Waals surface area contributed by atoms with Gasteiger partial charge in [-0.3, -0.25) is 4.79 Å². The van der Waals surface area contributed by atoms with E-state index < -0.39 is 0 Å². The molecule has 1 unspecified atom stereocenters. The van der Waals surface area contributed by atoms with E-state index >= 15 is 0 Å². The second-order valence-electron chi connectivity index (χ2n) is 4.60. The molecule has 0 radical (unpaired) electrons. The first-order valence-electron chi connectivity index (χ1n) is 6.37. The number of carbonyl (C=O) groups excluding carboxylic acids is 1. The third-order valence-corrected chi connectivity index (χ3v) is 3.20. The van der Waals surface area contributed by atoms with E-state index in [0.717, 1.165) is 11.3 Å². The van der Waals surface area contributed by atoms with E-state index in [-0.39, 0.29) is 17.1 Å². The van der Waals surface area contributed by atoms with Crippen LogP contribution >= 0.6 is 11.6 Å². The van der Waals surface area contributed by atoms with Gasteiger partial charge in [0.15, 0.2) is 11.0 Å². The molecule has 1 aromatic heterocycles. The monoisotopic (exact) mass is 305 g/mol. The van der Waals surface area contributed by atoms with E-state index in [1.165, 1.54) is 13.3 Å². The first-order valence-corrected chi connectivity index (χ1v) is 6.75. The summed E-state index contributed by atoms with van der Waals surface area (Å²) >= 11 is 5.86. The molecule has 0 aliphatic carbocycles. The molecule has 2 aromatic rings. The molecule has 1 atom stereocenters. The van der Waals surface area contributed by atoms with Crippen molar-refractivity contribution in [2.75, 3.05) is 16.4 Å². The van der Waals surface area contributed by atoms with E-state index in [2.05, 4.69) is 20.6 Å². The Hall–Kier alpha value is -2.34. The molecule has 0 aliphatic rings. The number of benzene rings is 1. The van der Waals surface area contributed by atoms with Gasteiger partial charge in [-0.1, -0.05) is 23.7 Å². The van der Waals surface area contributed by atoms with Crippen LogP contribution in [0.3, 0.4) is 0 Å². The Morgan fingerprint density at radius 2 is 2.14 bits per heavy atom. The molecule has 21 heavy (non-hydrogen) atoms. The van der Waals surface area contributed by atoms with Crippen molar-refractivity contribution in [3.63, 3.8) is 0 Å². The molecule has 0 spiro atoms. The molecule has 7 heteroatoms. The minimum Gasteiger partial charge on any atom is -0.393 e. The van der Waals surface area contributed by atoms with Gasteiger partial charge in [-0.15, -0.1) is 0 Å². The molecule has 0 bridgehead atoms. The number of anilines is 3. The summed E-state index contributed by atoms with van der Waals surface area (Å²) in [6, 6.07) is 7.47. The lowest BCUT2D eigenvalue weighted by Crippen LogP contribution is -2.11. The zero-order valence-electron chi connectivity index (χ0n) is 11.7. The molecule has 6 nitrogen and oxygen atoms in total. The van der Waals surface area contributed by atoms with Crippen LogP contribution in [0.5, 0.6) is 0 Å². The summed E-state index contributed by atoms with van der Waals surface area (Å²) in [5.74, 6) is 0.368. The minimum absolute atomic E-state index is 0.0630. The fourth-order valence-corrected chi connectivity index (χ4v) is 2.00. The van der Waals surface area contributed by atoms with Crippen molar-refractivity contribution in [3.05, 3.63) is 41.3 Å². The molecule has 110 valence electrons. The lowest BCUT2D eigenvalue weighted by Gasteiger charge is -2.17. The van der Waals surface area contributed by atoms with Gasteiger partial charge in [0.25, 0.3) is 0 Å². The summed E-state index contributed by atoms with van der Waals surface area (Å²) in [6.45, 7) is 3.43. The number of amides is 1. The maximum absolute atomic E-state index is 11.1. The third kappa shape index (κ3) is 3.82. The Balaban J connectivity index is 2.18. The molecule has 0 saturated heterocycles. The summed E-state index contributed by atoms with van der Waals surface area (Å²) in [5, 5.41) is 6.14. The number of nitrogen functional groups attached to an aromatic ring is 1. The van der Waals surface area contributed by atoms with Crippen molar-refractivity contribution in [1.82, 2.24) is 9.97 Å². The quantitative estimate of drug-likeness (QED) is 0.755. The first-order chi connectivity index (χ1) is 9.97. The van der Waals surface area contributed by atoms with Crippen molar-refractivity contribution in [1.29, 1.82) is 0 Å². The second kappa shape index (κ2) is 6.41. The van der Waals surface area contributed by atoms with Crippen LogP contribution in [0.25, 0.3) is 0 Å². The van der Waals surface area contributed by atoms with Crippen molar-refractivity contribution in [2.24, 2.45) is 0 Å². The number of carbonyl (C=O) groups is 1. The SMILES string of the molecule is CC(=O)Nc1cccc(C(C)Nc2ncnc(Cl)c2N)c1. The van der Waals surface area contributed by atoms with Gasteiger partial charge < -0.3 is 16.4 Å². The van der Waals surface area contributed by atoms with Crippen molar-refractivity contribution in [3.8, 4) is 0 Å². The van der Waals surface area contributed by atoms with Gasteiger partial charge in [-0.05, 0) is 24.6 Å². The zero-order chi connectivity index (χ0) is 15.4. The molecule has 0 aliphatic heterocycles. The first kappa shape index (κ1) is 15.1. The number of nitrogens with two attached hydrogens (primary N) is 1. The fourth-order valence-electron chi connectivity index (χ4n) is 1.87. The second-order valence-corrected chi connectivity index (χ2v) is 4.96. The smallest absolute Gasteiger partial charge is 0.221 e. The number of rotatable bonds is 4. The van der Waals surface area contributed by atoms with Crippen LogP contribution in [0, 0.1) is 0 Å². The average molecular weight is 306 g/mol. The largest absolute Gasteiger partial charge is 0.393 e. The fraction of sp³-hybridized carbons (Fsp3) is 0.214. The van der Waals surface area contributed by atoms with Crippen LogP contribution in [0.2, 0.25) is 5.15 Å². The molecule has 1 heterocycles. The van der Waals surface area contributed by atoms with E-state index in [1.807, 2.05) is 31.2 Å². The highest BCUT2D eigenvalue weighted by atomic mass is 35.5. The predicted octanol–water partition coefficient (Wildman–Crippen LogP) is 2.84. The minimum atomic E-state index is -0.111. The van der Waals surface area contributed by atoms with E-state index in [4.69, 9.17) is 17.3 Å². The summed E-state index contributed by atoms with van der Waals surface area (Å²) < 4.78 is 0. The van der Waals surface area contributed by atoms with Gasteiger partial charge in [-0.2, -0.15) is 0 Å². The van der Waals surface area contributed by atoms with Gasteiger partial charge >= 0.3 is 0 Å². The normalized spacial score (nSPS) is 11.8. The van der Waals surface area contributed by atoms with Crippen LogP contribution in [0.4, 0.5) is 17.2 Å². The highest BCUT2D eigenvalue weighted by molar-refractivity contribution is 6.32. The lowest BCUT2D eigenvalue weighted by atomic mass is 10.1. The molecule has 0 fully saturated rings. The number of nitrogens with one attached hydrogen (secondary N) is 2. The molecule has 1 aromatic carbocycles. The van der Waals surface area contributed by atoms with Crippen molar-refractivity contribution >= 4 is 34.7 Å². The van der Waals surface area contributed by atoms with Gasteiger partial charge in [0.05, 0.1) is 6.04 Å². The zero-order valence-corrected chi connectivity index (χ0v) is 12.5. The van der Waals surface area contributed by atoms with Gasteiger partial charge in [0.1, 0.15) is 12.0 Å². The Labute approximate surface area is 127 Å². The Kier molecular flexibility index (Phi) is 4.59. The van der Waals surface area contributed by atoms with Gasteiger partial charge in [0.2, 0.25) is 5.91 Å². The molecule has 4 N–H and O–H groups in total. The van der Waals surface area contributed by atoms with Crippen molar-refractivity contribution in [2.45, 2.75) is 19.9 Å². The number of aromatic nitrogens is 2. The van der Waals surface area contributed by atoms with Gasteiger partial charge in [-0.25, -0.2) is 9.97 Å². The number of halogens is 1. The maximum atomic E-state index is 11.1. The van der Waals surface area contributed by atoms with E-state index in [1.54, 1.807) is 0 Å². The molecule has 1 amide bonds. The summed E-state index contributed by atoms with van der Waals surface area (Å²) in [7, 11) is 0. The van der Waals surface area contributed by atoms with Crippen LogP contribution in [-0.4, -0.2) is 15.9 Å². The summed E-state index contributed by atoms with van der Waals surface area (Å²) in [6.07, 6.45) is 1.35. The van der Waals surface area contributed by atoms with Crippen LogP contribution in [0.15, 0.2) is 30.6 Å². The van der Waals surface area contributed by atoms with Crippen LogP contribution in [-0.2, 0) is 4.79 Å². The maximum Gasteiger partial charge on any atom is 0.221 e.